The lowest BCUT2D eigenvalue weighted by molar-refractivity contribution is -0.139. The summed E-state index contributed by atoms with van der Waals surface area (Å²) in [6.45, 7) is 9.47. The summed E-state index contributed by atoms with van der Waals surface area (Å²) in [5, 5.41) is 6.28. The number of ether oxygens (including phenoxy) is 1. The van der Waals surface area contributed by atoms with E-state index in [1.54, 1.807) is 19.1 Å². The third kappa shape index (κ3) is 4.84. The molecular weight excluding hydrogens is 380 g/mol. The molecule has 0 saturated carbocycles. The summed E-state index contributed by atoms with van der Waals surface area (Å²) in [5.74, 6) is -0.419. The second kappa shape index (κ2) is 9.41. The van der Waals surface area contributed by atoms with Gasteiger partial charge in [-0.25, -0.2) is 9.59 Å². The predicted molar refractivity (Wildman–Crippen MR) is 108 cm³/mol. The third-order valence-corrected chi connectivity index (χ3v) is 5.40. The van der Waals surface area contributed by atoms with Crippen LogP contribution in [0.15, 0.2) is 35.5 Å². The molecule has 2 heterocycles. The number of hydrogen-bond donors (Lipinski definition) is 2. The number of likely N-dealkylation sites (N-methyl/N-ethyl adjacent to an activating group) is 1. The predicted octanol–water partition coefficient (Wildman–Crippen LogP) is 2.15. The topological polar surface area (TPSA) is 73.9 Å². The Morgan fingerprint density at radius 3 is 2.39 bits per heavy atom. The Hall–Kier alpha value is -2.09. The van der Waals surface area contributed by atoms with Crippen molar-refractivity contribution in [1.82, 2.24) is 20.4 Å². The first-order valence-electron chi connectivity index (χ1n) is 9.69. The molecule has 0 spiro atoms. The maximum Gasteiger partial charge on any atom is 0.338 e. The molecule has 2 N–H and O–H groups in total. The highest BCUT2D eigenvalue weighted by molar-refractivity contribution is 6.30. The number of carbonyl (C=O) groups is 2. The van der Waals surface area contributed by atoms with E-state index in [1.807, 2.05) is 12.1 Å². The first-order chi connectivity index (χ1) is 13.5. The minimum Gasteiger partial charge on any atom is -0.463 e. The molecule has 152 valence electrons. The molecule has 1 aromatic carbocycles. The van der Waals surface area contributed by atoms with Crippen LogP contribution in [0, 0.1) is 0 Å². The second-order valence-electron chi connectivity index (χ2n) is 6.91. The quantitative estimate of drug-likeness (QED) is 0.708. The first kappa shape index (κ1) is 20.6. The molecule has 0 aromatic heterocycles. The van der Waals surface area contributed by atoms with E-state index in [2.05, 4.69) is 27.4 Å². The van der Waals surface area contributed by atoms with Crippen LogP contribution in [0.25, 0.3) is 0 Å². The molecule has 3 rings (SSSR count). The number of esters is 1. The molecule has 2 amide bonds. The highest BCUT2D eigenvalue weighted by Crippen LogP contribution is 2.29. The van der Waals surface area contributed by atoms with Crippen LogP contribution in [0.4, 0.5) is 4.79 Å². The molecule has 0 radical (unpaired) electrons. The zero-order valence-electron chi connectivity index (χ0n) is 16.3. The summed E-state index contributed by atoms with van der Waals surface area (Å²) >= 11 is 6.00. The van der Waals surface area contributed by atoms with Crippen molar-refractivity contribution in [2.45, 2.75) is 19.9 Å². The molecule has 0 bridgehead atoms. The van der Waals surface area contributed by atoms with Gasteiger partial charge < -0.3 is 20.3 Å². The SMILES string of the molecule is CCOC(=O)C1=C(CN2CCN(CC)CC2)NC(=O)N[C@H]1c1ccc(Cl)cc1. The van der Waals surface area contributed by atoms with Gasteiger partial charge in [0, 0.05) is 43.4 Å². The van der Waals surface area contributed by atoms with Crippen molar-refractivity contribution in [3.8, 4) is 0 Å². The molecule has 2 aliphatic rings. The van der Waals surface area contributed by atoms with Gasteiger partial charge in [0.25, 0.3) is 0 Å². The number of urea groups is 1. The zero-order valence-corrected chi connectivity index (χ0v) is 17.1. The van der Waals surface area contributed by atoms with Crippen molar-refractivity contribution in [2.75, 3.05) is 45.9 Å². The van der Waals surface area contributed by atoms with Crippen LogP contribution in [-0.4, -0.2) is 67.7 Å². The van der Waals surface area contributed by atoms with Crippen LogP contribution in [0.3, 0.4) is 0 Å². The average Bonchev–Trinajstić information content (AvgIpc) is 2.69. The number of carbonyl (C=O) groups excluding carboxylic acids is 2. The minimum absolute atomic E-state index is 0.270. The van der Waals surface area contributed by atoms with Crippen molar-refractivity contribution >= 4 is 23.6 Å². The van der Waals surface area contributed by atoms with E-state index in [0.717, 1.165) is 38.3 Å². The van der Waals surface area contributed by atoms with Gasteiger partial charge in [-0.1, -0.05) is 30.7 Å². The van der Waals surface area contributed by atoms with Crippen LogP contribution >= 0.6 is 11.6 Å². The van der Waals surface area contributed by atoms with E-state index in [1.165, 1.54) is 0 Å². The van der Waals surface area contributed by atoms with Gasteiger partial charge in [-0.2, -0.15) is 0 Å². The van der Waals surface area contributed by atoms with Gasteiger partial charge in [0.15, 0.2) is 0 Å². The number of nitrogens with one attached hydrogen (secondary N) is 2. The molecule has 0 aliphatic carbocycles. The lowest BCUT2D eigenvalue weighted by Crippen LogP contribution is -2.51. The average molecular weight is 407 g/mol. The second-order valence-corrected chi connectivity index (χ2v) is 7.34. The largest absolute Gasteiger partial charge is 0.463 e. The molecule has 1 aromatic rings. The number of hydrogen-bond acceptors (Lipinski definition) is 5. The Morgan fingerprint density at radius 1 is 1.14 bits per heavy atom. The van der Waals surface area contributed by atoms with E-state index in [0.29, 0.717) is 22.8 Å². The normalized spacial score (nSPS) is 21.2. The van der Waals surface area contributed by atoms with E-state index in [4.69, 9.17) is 16.3 Å². The molecule has 2 aliphatic heterocycles. The lowest BCUT2D eigenvalue weighted by Gasteiger charge is -2.36. The van der Waals surface area contributed by atoms with E-state index in [9.17, 15) is 9.59 Å². The van der Waals surface area contributed by atoms with Gasteiger partial charge in [0.2, 0.25) is 0 Å². The standard InChI is InChI=1S/C20H27ClN4O3/c1-3-24-9-11-25(12-10-24)13-16-17(19(26)28-4-2)18(23-20(27)22-16)14-5-7-15(21)8-6-14/h5-8,18H,3-4,9-13H2,1-2H3,(H2,22,23,27)/t18-/m0/s1. The molecule has 1 fully saturated rings. The number of rotatable bonds is 6. The molecule has 8 heteroatoms. The molecule has 0 unspecified atom stereocenters. The number of benzene rings is 1. The maximum absolute atomic E-state index is 12.8. The molecule has 7 nitrogen and oxygen atoms in total. The van der Waals surface area contributed by atoms with Gasteiger partial charge in [0.05, 0.1) is 18.2 Å². The molecule has 28 heavy (non-hydrogen) atoms. The van der Waals surface area contributed by atoms with Gasteiger partial charge >= 0.3 is 12.0 Å². The summed E-state index contributed by atoms with van der Waals surface area (Å²) < 4.78 is 5.31. The van der Waals surface area contributed by atoms with Crippen molar-refractivity contribution in [3.63, 3.8) is 0 Å². The molecular formula is C20H27ClN4O3. The van der Waals surface area contributed by atoms with Gasteiger partial charge in [0.1, 0.15) is 0 Å². The Kier molecular flexibility index (Phi) is 6.93. The molecule has 1 atom stereocenters. The zero-order chi connectivity index (χ0) is 20.1. The van der Waals surface area contributed by atoms with Crippen LogP contribution in [0.1, 0.15) is 25.5 Å². The Bertz CT molecular complexity index is 742. The summed E-state index contributed by atoms with van der Waals surface area (Å²) in [6.07, 6.45) is 0. The van der Waals surface area contributed by atoms with Crippen molar-refractivity contribution in [3.05, 3.63) is 46.1 Å². The summed E-state index contributed by atoms with van der Waals surface area (Å²) in [5.41, 5.74) is 1.84. The van der Waals surface area contributed by atoms with Crippen molar-refractivity contribution in [1.29, 1.82) is 0 Å². The maximum atomic E-state index is 12.8. The number of nitrogens with zero attached hydrogens (tertiary/aromatic N) is 2. The third-order valence-electron chi connectivity index (χ3n) is 5.15. The van der Waals surface area contributed by atoms with Gasteiger partial charge in [-0.05, 0) is 31.2 Å². The smallest absolute Gasteiger partial charge is 0.338 e. The summed E-state index contributed by atoms with van der Waals surface area (Å²) in [4.78, 5) is 29.7. The first-order valence-corrected chi connectivity index (χ1v) is 10.1. The highest BCUT2D eigenvalue weighted by Gasteiger charge is 2.34. The van der Waals surface area contributed by atoms with Crippen molar-refractivity contribution < 1.29 is 14.3 Å². The fraction of sp³-hybridized carbons (Fsp3) is 0.500. The number of amides is 2. The van der Waals surface area contributed by atoms with Crippen LogP contribution in [-0.2, 0) is 9.53 Å². The minimum atomic E-state index is -0.572. The van der Waals surface area contributed by atoms with Crippen LogP contribution in [0.2, 0.25) is 5.02 Å². The number of halogens is 1. The van der Waals surface area contributed by atoms with Crippen LogP contribution < -0.4 is 10.6 Å². The Labute approximate surface area is 170 Å². The van der Waals surface area contributed by atoms with E-state index < -0.39 is 12.0 Å². The van der Waals surface area contributed by atoms with Crippen LogP contribution in [0.5, 0.6) is 0 Å². The van der Waals surface area contributed by atoms with E-state index in [-0.39, 0.29) is 12.6 Å². The van der Waals surface area contributed by atoms with Gasteiger partial charge in [-0.3, -0.25) is 4.90 Å². The summed E-state index contributed by atoms with van der Waals surface area (Å²) in [6, 6.07) is 6.23. The summed E-state index contributed by atoms with van der Waals surface area (Å²) in [7, 11) is 0. The van der Waals surface area contributed by atoms with Gasteiger partial charge in [-0.15, -0.1) is 0 Å². The lowest BCUT2D eigenvalue weighted by atomic mass is 9.95. The van der Waals surface area contributed by atoms with E-state index >= 15 is 0 Å². The monoisotopic (exact) mass is 406 g/mol. The fourth-order valence-corrected chi connectivity index (χ4v) is 3.71. The Morgan fingerprint density at radius 2 is 1.79 bits per heavy atom. The number of piperazine rings is 1. The highest BCUT2D eigenvalue weighted by atomic mass is 35.5. The van der Waals surface area contributed by atoms with Crippen molar-refractivity contribution in [2.24, 2.45) is 0 Å². The Balaban J connectivity index is 1.90. The molecule has 1 saturated heterocycles. The fourth-order valence-electron chi connectivity index (χ4n) is 3.59.